The first-order valence-electron chi connectivity index (χ1n) is 9.26. The van der Waals surface area contributed by atoms with Crippen LogP contribution in [0, 0.1) is 12.7 Å². The average molecular weight is 413 g/mol. The number of hydrogen-bond donors (Lipinski definition) is 0. The van der Waals surface area contributed by atoms with Crippen LogP contribution in [0.2, 0.25) is 0 Å². The van der Waals surface area contributed by atoms with Gasteiger partial charge in [0.1, 0.15) is 10.7 Å². The van der Waals surface area contributed by atoms with Crippen LogP contribution >= 0.6 is 0 Å². The standard InChI is InChI=1S/C21H20FN3O3S/c1-15-12-16-4-3-7-19(20(16)23-14-15)29(27,28)25-10-8-24(9-11-25)21(26)17-5-2-6-18(22)13-17/h2-7,12-14H,8-11H2,1H3. The molecule has 29 heavy (non-hydrogen) atoms. The van der Waals surface area contributed by atoms with Crippen molar-refractivity contribution in [3.8, 4) is 0 Å². The molecule has 0 radical (unpaired) electrons. The Hall–Kier alpha value is -2.84. The zero-order valence-electron chi connectivity index (χ0n) is 15.9. The van der Waals surface area contributed by atoms with Crippen LogP contribution in [-0.2, 0) is 10.0 Å². The average Bonchev–Trinajstić information content (AvgIpc) is 2.72. The first-order valence-corrected chi connectivity index (χ1v) is 10.7. The number of carbonyl (C=O) groups excluding carboxylic acids is 1. The molecule has 0 unspecified atom stereocenters. The van der Waals surface area contributed by atoms with E-state index in [4.69, 9.17) is 0 Å². The molecule has 1 aliphatic rings. The Labute approximate surface area is 168 Å². The summed E-state index contributed by atoms with van der Waals surface area (Å²) in [6.07, 6.45) is 1.65. The van der Waals surface area contributed by atoms with Crippen molar-refractivity contribution in [2.45, 2.75) is 11.8 Å². The molecule has 1 aromatic heterocycles. The van der Waals surface area contributed by atoms with Crippen molar-refractivity contribution >= 4 is 26.8 Å². The van der Waals surface area contributed by atoms with E-state index in [1.54, 1.807) is 29.3 Å². The molecule has 1 aliphatic heterocycles. The van der Waals surface area contributed by atoms with Crippen LogP contribution in [0.4, 0.5) is 4.39 Å². The van der Waals surface area contributed by atoms with Crippen LogP contribution in [0.5, 0.6) is 0 Å². The van der Waals surface area contributed by atoms with Crippen molar-refractivity contribution in [2.75, 3.05) is 26.2 Å². The number of sulfonamides is 1. The Morgan fingerprint density at radius 2 is 1.76 bits per heavy atom. The van der Waals surface area contributed by atoms with Gasteiger partial charge in [0.05, 0.1) is 5.52 Å². The lowest BCUT2D eigenvalue weighted by atomic mass is 10.2. The number of rotatable bonds is 3. The van der Waals surface area contributed by atoms with E-state index >= 15 is 0 Å². The number of pyridine rings is 1. The number of aryl methyl sites for hydroxylation is 1. The monoisotopic (exact) mass is 413 g/mol. The van der Waals surface area contributed by atoms with Gasteiger partial charge in [-0.25, -0.2) is 12.8 Å². The number of fused-ring (bicyclic) bond motifs is 1. The SMILES string of the molecule is Cc1cnc2c(S(=O)(=O)N3CCN(C(=O)c4cccc(F)c4)CC3)cccc2c1. The smallest absolute Gasteiger partial charge is 0.254 e. The minimum absolute atomic E-state index is 0.167. The first kappa shape index (κ1) is 19.5. The van der Waals surface area contributed by atoms with Gasteiger partial charge >= 0.3 is 0 Å². The number of nitrogens with zero attached hydrogens (tertiary/aromatic N) is 3. The molecular formula is C21H20FN3O3S. The highest BCUT2D eigenvalue weighted by atomic mass is 32.2. The molecule has 0 aliphatic carbocycles. The molecule has 8 heteroatoms. The molecule has 3 aromatic rings. The topological polar surface area (TPSA) is 70.6 Å². The molecule has 6 nitrogen and oxygen atoms in total. The lowest BCUT2D eigenvalue weighted by Crippen LogP contribution is -2.50. The maximum atomic E-state index is 13.4. The molecular weight excluding hydrogens is 393 g/mol. The zero-order valence-corrected chi connectivity index (χ0v) is 16.7. The number of piperazine rings is 1. The second-order valence-electron chi connectivity index (χ2n) is 7.05. The first-order chi connectivity index (χ1) is 13.9. The third kappa shape index (κ3) is 3.73. The van der Waals surface area contributed by atoms with Crippen molar-refractivity contribution < 1.29 is 17.6 Å². The van der Waals surface area contributed by atoms with Crippen molar-refractivity contribution in [3.05, 3.63) is 71.7 Å². The Morgan fingerprint density at radius 1 is 1.03 bits per heavy atom. The number of benzene rings is 2. The summed E-state index contributed by atoms with van der Waals surface area (Å²) >= 11 is 0. The minimum Gasteiger partial charge on any atom is -0.336 e. The fourth-order valence-electron chi connectivity index (χ4n) is 3.53. The summed E-state index contributed by atoms with van der Waals surface area (Å²) in [4.78, 5) is 18.6. The summed E-state index contributed by atoms with van der Waals surface area (Å²) < 4.78 is 41.2. The van der Waals surface area contributed by atoms with E-state index in [2.05, 4.69) is 4.98 Å². The van der Waals surface area contributed by atoms with Crippen LogP contribution in [0.3, 0.4) is 0 Å². The van der Waals surface area contributed by atoms with Gasteiger partial charge in [0.25, 0.3) is 5.91 Å². The predicted molar refractivity (Wildman–Crippen MR) is 108 cm³/mol. The van der Waals surface area contributed by atoms with E-state index in [-0.39, 0.29) is 42.5 Å². The molecule has 0 atom stereocenters. The van der Waals surface area contributed by atoms with Gasteiger partial charge in [-0.3, -0.25) is 9.78 Å². The lowest BCUT2D eigenvalue weighted by Gasteiger charge is -2.34. The third-order valence-corrected chi connectivity index (χ3v) is 6.96. The molecule has 0 bridgehead atoms. The zero-order chi connectivity index (χ0) is 20.6. The maximum absolute atomic E-state index is 13.4. The van der Waals surface area contributed by atoms with Gasteiger partial charge in [-0.15, -0.1) is 0 Å². The van der Waals surface area contributed by atoms with Crippen LogP contribution in [-0.4, -0.2) is 54.7 Å². The number of halogens is 1. The maximum Gasteiger partial charge on any atom is 0.254 e. The summed E-state index contributed by atoms with van der Waals surface area (Å²) in [6, 6.07) is 12.5. The largest absolute Gasteiger partial charge is 0.336 e. The van der Waals surface area contributed by atoms with E-state index in [0.29, 0.717) is 5.52 Å². The van der Waals surface area contributed by atoms with Crippen LogP contribution in [0.25, 0.3) is 10.9 Å². The van der Waals surface area contributed by atoms with Crippen molar-refractivity contribution in [2.24, 2.45) is 0 Å². The Bertz CT molecular complexity index is 1190. The number of para-hydroxylation sites is 1. The fourth-order valence-corrected chi connectivity index (χ4v) is 5.11. The number of hydrogen-bond acceptors (Lipinski definition) is 4. The summed E-state index contributed by atoms with van der Waals surface area (Å²) in [5.41, 5.74) is 1.66. The predicted octanol–water partition coefficient (Wildman–Crippen LogP) is 2.83. The van der Waals surface area contributed by atoms with Gasteiger partial charge in [-0.2, -0.15) is 4.31 Å². The Balaban J connectivity index is 1.55. The minimum atomic E-state index is -3.75. The molecule has 1 fully saturated rings. The molecule has 2 heterocycles. The van der Waals surface area contributed by atoms with E-state index in [1.807, 2.05) is 19.1 Å². The molecule has 0 spiro atoms. The van der Waals surface area contributed by atoms with E-state index in [1.165, 1.54) is 22.5 Å². The summed E-state index contributed by atoms with van der Waals surface area (Å²) in [6.45, 7) is 2.73. The van der Waals surface area contributed by atoms with E-state index in [0.717, 1.165) is 10.9 Å². The number of carbonyl (C=O) groups is 1. The summed E-state index contributed by atoms with van der Waals surface area (Å²) in [5.74, 6) is -0.778. The quantitative estimate of drug-likeness (QED) is 0.662. The highest BCUT2D eigenvalue weighted by Gasteiger charge is 2.31. The summed E-state index contributed by atoms with van der Waals surface area (Å²) in [7, 11) is -3.75. The highest BCUT2D eigenvalue weighted by molar-refractivity contribution is 7.89. The van der Waals surface area contributed by atoms with Crippen molar-refractivity contribution in [1.29, 1.82) is 0 Å². The Morgan fingerprint density at radius 3 is 2.48 bits per heavy atom. The molecule has 150 valence electrons. The molecule has 1 amide bonds. The second-order valence-corrected chi connectivity index (χ2v) is 8.95. The molecule has 1 saturated heterocycles. The van der Waals surface area contributed by atoms with Gasteiger partial charge in [-0.05, 0) is 42.8 Å². The third-order valence-electron chi connectivity index (χ3n) is 5.03. The number of amides is 1. The second kappa shape index (κ2) is 7.53. The lowest BCUT2D eigenvalue weighted by molar-refractivity contribution is 0.0697. The number of aromatic nitrogens is 1. The van der Waals surface area contributed by atoms with E-state index in [9.17, 15) is 17.6 Å². The molecule has 2 aromatic carbocycles. The van der Waals surface area contributed by atoms with E-state index < -0.39 is 15.8 Å². The summed E-state index contributed by atoms with van der Waals surface area (Å²) in [5, 5.41) is 0.769. The van der Waals surface area contributed by atoms with Crippen molar-refractivity contribution in [1.82, 2.24) is 14.2 Å². The van der Waals surface area contributed by atoms with Gasteiger partial charge in [-0.1, -0.05) is 18.2 Å². The van der Waals surface area contributed by atoms with Gasteiger partial charge in [0.2, 0.25) is 10.0 Å². The highest BCUT2D eigenvalue weighted by Crippen LogP contribution is 2.25. The van der Waals surface area contributed by atoms with Gasteiger partial charge in [0, 0.05) is 43.3 Å². The van der Waals surface area contributed by atoms with Crippen LogP contribution in [0.15, 0.2) is 59.6 Å². The fraction of sp³-hybridized carbons (Fsp3) is 0.238. The molecule has 0 saturated carbocycles. The van der Waals surface area contributed by atoms with Crippen molar-refractivity contribution in [3.63, 3.8) is 0 Å². The van der Waals surface area contributed by atoms with Crippen LogP contribution < -0.4 is 0 Å². The van der Waals surface area contributed by atoms with Crippen LogP contribution in [0.1, 0.15) is 15.9 Å². The molecule has 4 rings (SSSR count). The normalized spacial score (nSPS) is 15.6. The molecule has 0 N–H and O–H groups in total. The Kier molecular flexibility index (Phi) is 5.06. The van der Waals surface area contributed by atoms with Gasteiger partial charge in [0.15, 0.2) is 0 Å². The van der Waals surface area contributed by atoms with Gasteiger partial charge < -0.3 is 4.90 Å².